The van der Waals surface area contributed by atoms with Crippen LogP contribution in [0.15, 0.2) is 16.8 Å². The molecule has 4 nitrogen and oxygen atoms in total. The first kappa shape index (κ1) is 12.1. The fourth-order valence-electron chi connectivity index (χ4n) is 2.66. The van der Waals surface area contributed by atoms with Crippen molar-refractivity contribution in [2.75, 3.05) is 13.2 Å². The number of hydrogen-bond acceptors (Lipinski definition) is 4. The molecule has 0 unspecified atom stereocenters. The van der Waals surface area contributed by atoms with Crippen LogP contribution in [0.1, 0.15) is 29.6 Å². The summed E-state index contributed by atoms with van der Waals surface area (Å²) in [5.41, 5.74) is 0.753. The van der Waals surface area contributed by atoms with Crippen molar-refractivity contribution in [2.45, 2.75) is 37.5 Å². The molecule has 2 aliphatic rings. The van der Waals surface area contributed by atoms with E-state index < -0.39 is 0 Å². The minimum absolute atomic E-state index is 0.0245. The van der Waals surface area contributed by atoms with Crippen LogP contribution in [0, 0.1) is 0 Å². The lowest BCUT2D eigenvalue weighted by atomic mass is 9.89. The third kappa shape index (κ3) is 2.58. The topological polar surface area (TPSA) is 47.6 Å². The van der Waals surface area contributed by atoms with Crippen molar-refractivity contribution in [3.63, 3.8) is 0 Å². The molecule has 2 heterocycles. The van der Waals surface area contributed by atoms with Crippen LogP contribution in [0.4, 0.5) is 0 Å². The fourth-order valence-corrected chi connectivity index (χ4v) is 3.30. The van der Waals surface area contributed by atoms with E-state index in [0.29, 0.717) is 13.2 Å². The van der Waals surface area contributed by atoms with Gasteiger partial charge in [0.25, 0.3) is 5.91 Å². The third-order valence-electron chi connectivity index (χ3n) is 3.60. The van der Waals surface area contributed by atoms with Crippen molar-refractivity contribution < 1.29 is 14.3 Å². The van der Waals surface area contributed by atoms with Crippen LogP contribution in [-0.2, 0) is 9.47 Å². The molecular weight excluding hydrogens is 250 g/mol. The smallest absolute Gasteiger partial charge is 0.252 e. The number of ether oxygens (including phenoxy) is 2. The Kier molecular flexibility index (Phi) is 3.63. The zero-order valence-electron chi connectivity index (χ0n) is 10.1. The summed E-state index contributed by atoms with van der Waals surface area (Å²) in [6.45, 7) is 1.37. The Hall–Kier alpha value is -0.910. The predicted octanol–water partition coefficient (Wildman–Crippen LogP) is 1.81. The SMILES string of the molecule is O=C(N[C@@H]1CC[C@H]2OCCO[C@H]2C1)c1ccsc1. The fraction of sp³-hybridized carbons (Fsp3) is 0.615. The quantitative estimate of drug-likeness (QED) is 0.889. The van der Waals surface area contributed by atoms with Gasteiger partial charge in [-0.2, -0.15) is 11.3 Å². The van der Waals surface area contributed by atoms with Crippen LogP contribution in [0.3, 0.4) is 0 Å². The van der Waals surface area contributed by atoms with Gasteiger partial charge in [0.2, 0.25) is 0 Å². The normalized spacial score (nSPS) is 31.7. The van der Waals surface area contributed by atoms with Gasteiger partial charge in [-0.1, -0.05) is 0 Å². The number of carbonyl (C=O) groups excluding carboxylic acids is 1. The van der Waals surface area contributed by atoms with Gasteiger partial charge in [-0.05, 0) is 30.7 Å². The van der Waals surface area contributed by atoms with Crippen LogP contribution in [0.25, 0.3) is 0 Å². The Morgan fingerprint density at radius 3 is 2.89 bits per heavy atom. The van der Waals surface area contributed by atoms with E-state index in [-0.39, 0.29) is 24.2 Å². The Labute approximate surface area is 110 Å². The summed E-state index contributed by atoms with van der Waals surface area (Å²) in [6, 6.07) is 2.06. The first-order chi connectivity index (χ1) is 8.83. The molecule has 1 amide bonds. The molecule has 2 fully saturated rings. The van der Waals surface area contributed by atoms with E-state index in [1.54, 1.807) is 11.3 Å². The van der Waals surface area contributed by atoms with E-state index >= 15 is 0 Å². The van der Waals surface area contributed by atoms with Gasteiger partial charge in [0.05, 0.1) is 25.4 Å². The highest BCUT2D eigenvalue weighted by Crippen LogP contribution is 2.27. The molecule has 1 saturated carbocycles. The van der Waals surface area contributed by atoms with E-state index in [9.17, 15) is 4.79 Å². The van der Waals surface area contributed by atoms with Gasteiger partial charge in [0, 0.05) is 17.0 Å². The molecule has 1 N–H and O–H groups in total. The molecule has 1 saturated heterocycles. The molecule has 1 aliphatic carbocycles. The molecule has 1 aromatic heterocycles. The molecule has 3 rings (SSSR count). The number of thiophene rings is 1. The van der Waals surface area contributed by atoms with Crippen LogP contribution in [0.5, 0.6) is 0 Å². The van der Waals surface area contributed by atoms with Gasteiger partial charge in [-0.15, -0.1) is 0 Å². The van der Waals surface area contributed by atoms with Gasteiger partial charge in [-0.3, -0.25) is 4.79 Å². The lowest BCUT2D eigenvalue weighted by molar-refractivity contribution is -0.157. The van der Waals surface area contributed by atoms with Crippen molar-refractivity contribution in [3.8, 4) is 0 Å². The van der Waals surface area contributed by atoms with E-state index in [2.05, 4.69) is 5.32 Å². The zero-order valence-corrected chi connectivity index (χ0v) is 10.9. The van der Waals surface area contributed by atoms with Crippen LogP contribution >= 0.6 is 11.3 Å². The van der Waals surface area contributed by atoms with Gasteiger partial charge in [-0.25, -0.2) is 0 Å². The lowest BCUT2D eigenvalue weighted by Gasteiger charge is -2.39. The number of nitrogens with one attached hydrogen (secondary N) is 1. The molecule has 98 valence electrons. The van der Waals surface area contributed by atoms with Crippen molar-refractivity contribution in [1.82, 2.24) is 5.32 Å². The Balaban J connectivity index is 1.56. The number of amides is 1. The Morgan fingerprint density at radius 2 is 2.11 bits per heavy atom. The highest BCUT2D eigenvalue weighted by Gasteiger charge is 2.34. The summed E-state index contributed by atoms with van der Waals surface area (Å²) in [4.78, 5) is 12.0. The van der Waals surface area contributed by atoms with E-state index in [4.69, 9.17) is 9.47 Å². The highest BCUT2D eigenvalue weighted by molar-refractivity contribution is 7.08. The highest BCUT2D eigenvalue weighted by atomic mass is 32.1. The van der Waals surface area contributed by atoms with Crippen molar-refractivity contribution in [3.05, 3.63) is 22.4 Å². The van der Waals surface area contributed by atoms with E-state index in [0.717, 1.165) is 24.8 Å². The molecule has 0 aromatic carbocycles. The van der Waals surface area contributed by atoms with Crippen LogP contribution in [-0.4, -0.2) is 37.4 Å². The monoisotopic (exact) mass is 267 g/mol. The third-order valence-corrected chi connectivity index (χ3v) is 4.28. The first-order valence-corrected chi connectivity index (χ1v) is 7.33. The molecule has 3 atom stereocenters. The number of hydrogen-bond donors (Lipinski definition) is 1. The first-order valence-electron chi connectivity index (χ1n) is 6.39. The lowest BCUT2D eigenvalue weighted by Crippen LogP contribution is -2.49. The van der Waals surface area contributed by atoms with E-state index in [1.807, 2.05) is 16.8 Å². The van der Waals surface area contributed by atoms with Crippen molar-refractivity contribution in [1.29, 1.82) is 0 Å². The van der Waals surface area contributed by atoms with Gasteiger partial charge in [0.15, 0.2) is 0 Å². The zero-order chi connectivity index (χ0) is 12.4. The van der Waals surface area contributed by atoms with Crippen LogP contribution in [0.2, 0.25) is 0 Å². The van der Waals surface area contributed by atoms with Gasteiger partial charge < -0.3 is 14.8 Å². The van der Waals surface area contributed by atoms with Gasteiger partial charge >= 0.3 is 0 Å². The minimum Gasteiger partial charge on any atom is -0.373 e. The standard InChI is InChI=1S/C13H17NO3S/c15-13(9-3-6-18-8-9)14-10-1-2-11-12(7-10)17-5-4-16-11/h3,6,8,10-12H,1-2,4-5,7H2,(H,14,15)/t10-,11-,12+/m1/s1. The summed E-state index contributed by atoms with van der Waals surface area (Å²) in [5, 5.41) is 6.88. The molecule has 0 radical (unpaired) electrons. The Morgan fingerprint density at radius 1 is 1.28 bits per heavy atom. The number of fused-ring (bicyclic) bond motifs is 1. The molecule has 0 bridgehead atoms. The average Bonchev–Trinajstić information content (AvgIpc) is 2.92. The largest absolute Gasteiger partial charge is 0.373 e. The summed E-state index contributed by atoms with van der Waals surface area (Å²) in [6.07, 6.45) is 3.19. The predicted molar refractivity (Wildman–Crippen MR) is 68.9 cm³/mol. The summed E-state index contributed by atoms with van der Waals surface area (Å²) >= 11 is 1.54. The summed E-state index contributed by atoms with van der Waals surface area (Å²) < 4.78 is 11.4. The van der Waals surface area contributed by atoms with E-state index in [1.165, 1.54) is 0 Å². The molecular formula is C13H17NO3S. The molecule has 5 heteroatoms. The molecule has 1 aliphatic heterocycles. The molecule has 1 aromatic rings. The second-order valence-electron chi connectivity index (χ2n) is 4.81. The average molecular weight is 267 g/mol. The number of carbonyl (C=O) groups is 1. The van der Waals surface area contributed by atoms with Gasteiger partial charge in [0.1, 0.15) is 0 Å². The maximum Gasteiger partial charge on any atom is 0.252 e. The minimum atomic E-state index is 0.0245. The Bertz CT molecular complexity index is 406. The van der Waals surface area contributed by atoms with Crippen molar-refractivity contribution >= 4 is 17.2 Å². The maximum absolute atomic E-state index is 12.0. The van der Waals surface area contributed by atoms with Crippen molar-refractivity contribution in [2.24, 2.45) is 0 Å². The second kappa shape index (κ2) is 5.38. The maximum atomic E-state index is 12.0. The summed E-state index contributed by atoms with van der Waals surface area (Å²) in [7, 11) is 0. The number of rotatable bonds is 2. The van der Waals surface area contributed by atoms with Crippen LogP contribution < -0.4 is 5.32 Å². The summed E-state index contributed by atoms with van der Waals surface area (Å²) in [5.74, 6) is 0.0245. The molecule has 18 heavy (non-hydrogen) atoms. The second-order valence-corrected chi connectivity index (χ2v) is 5.59. The molecule has 0 spiro atoms.